The monoisotopic (exact) mass is 288 g/mol. The van der Waals surface area contributed by atoms with Crippen molar-refractivity contribution in [1.29, 1.82) is 0 Å². The maximum atomic E-state index is 11.9. The van der Waals surface area contributed by atoms with Crippen LogP contribution in [0.4, 0.5) is 0 Å². The van der Waals surface area contributed by atoms with Gasteiger partial charge in [-0.15, -0.1) is 0 Å². The first-order chi connectivity index (χ1) is 7.68. The van der Waals surface area contributed by atoms with Gasteiger partial charge in [0.05, 0.1) is 4.83 Å². The van der Waals surface area contributed by atoms with Crippen molar-refractivity contribution < 1.29 is 4.79 Å². The third kappa shape index (κ3) is 2.77. The Labute approximate surface area is 106 Å². The van der Waals surface area contributed by atoms with Gasteiger partial charge in [-0.1, -0.05) is 15.9 Å². The molecule has 2 atom stereocenters. The van der Waals surface area contributed by atoms with Crippen LogP contribution in [0.5, 0.6) is 0 Å². The molecule has 0 aliphatic carbocycles. The molecule has 0 saturated carbocycles. The van der Waals surface area contributed by atoms with E-state index in [2.05, 4.69) is 27.8 Å². The fraction of sp³-hybridized carbons (Fsp3) is 0.917. The van der Waals surface area contributed by atoms with E-state index in [4.69, 9.17) is 0 Å². The molecule has 2 fully saturated rings. The molecule has 3 nitrogen and oxygen atoms in total. The summed E-state index contributed by atoms with van der Waals surface area (Å²) in [6.45, 7) is 6.51. The lowest BCUT2D eigenvalue weighted by Gasteiger charge is -2.34. The zero-order valence-corrected chi connectivity index (χ0v) is 11.6. The van der Waals surface area contributed by atoms with E-state index < -0.39 is 0 Å². The molecule has 0 aromatic heterocycles. The number of likely N-dealkylation sites (tertiary alicyclic amines) is 2. The van der Waals surface area contributed by atoms with Crippen LogP contribution in [0.1, 0.15) is 32.6 Å². The number of carbonyl (C=O) groups is 1. The van der Waals surface area contributed by atoms with Crippen LogP contribution >= 0.6 is 15.9 Å². The number of carbonyl (C=O) groups excluding carboxylic acids is 1. The molecule has 2 heterocycles. The summed E-state index contributed by atoms with van der Waals surface area (Å²) in [5, 5.41) is 0. The Morgan fingerprint density at radius 3 is 2.69 bits per heavy atom. The highest BCUT2D eigenvalue weighted by atomic mass is 79.9. The van der Waals surface area contributed by atoms with Crippen LogP contribution in [0.3, 0.4) is 0 Å². The van der Waals surface area contributed by atoms with Crippen molar-refractivity contribution in [1.82, 2.24) is 9.80 Å². The van der Waals surface area contributed by atoms with E-state index in [-0.39, 0.29) is 10.7 Å². The third-order valence-electron chi connectivity index (χ3n) is 3.71. The Hall–Kier alpha value is -0.0900. The minimum absolute atomic E-state index is 0.0621. The molecule has 0 spiro atoms. The van der Waals surface area contributed by atoms with E-state index in [1.54, 1.807) is 0 Å². The van der Waals surface area contributed by atoms with Gasteiger partial charge in [0.2, 0.25) is 5.91 Å². The van der Waals surface area contributed by atoms with Gasteiger partial charge < -0.3 is 4.90 Å². The molecule has 2 aliphatic heterocycles. The predicted octanol–water partition coefficient (Wildman–Crippen LogP) is 1.86. The summed E-state index contributed by atoms with van der Waals surface area (Å²) in [5.41, 5.74) is 0. The van der Waals surface area contributed by atoms with Crippen molar-refractivity contribution in [3.8, 4) is 0 Å². The lowest BCUT2D eigenvalue weighted by molar-refractivity contribution is -0.133. The second kappa shape index (κ2) is 5.50. The van der Waals surface area contributed by atoms with E-state index in [1.807, 2.05) is 4.90 Å². The Morgan fingerprint density at radius 1 is 1.31 bits per heavy atom. The van der Waals surface area contributed by atoms with Crippen LogP contribution in [0.2, 0.25) is 0 Å². The number of hydrogen-bond donors (Lipinski definition) is 0. The molecular formula is C12H21BrN2O. The number of halogens is 1. The number of amides is 1. The number of hydrogen-bond acceptors (Lipinski definition) is 2. The third-order valence-corrected chi connectivity index (χ3v) is 4.56. The van der Waals surface area contributed by atoms with Crippen molar-refractivity contribution in [3.05, 3.63) is 0 Å². The minimum Gasteiger partial charge on any atom is -0.340 e. The maximum absolute atomic E-state index is 11.9. The van der Waals surface area contributed by atoms with Crippen molar-refractivity contribution in [2.75, 3.05) is 26.2 Å². The molecular weight excluding hydrogens is 268 g/mol. The molecule has 1 amide bonds. The molecule has 4 heteroatoms. The van der Waals surface area contributed by atoms with E-state index in [9.17, 15) is 4.79 Å². The highest BCUT2D eigenvalue weighted by Crippen LogP contribution is 2.20. The van der Waals surface area contributed by atoms with Crippen LogP contribution in [0.25, 0.3) is 0 Å². The van der Waals surface area contributed by atoms with Gasteiger partial charge in [-0.2, -0.15) is 0 Å². The number of alkyl halides is 1. The summed E-state index contributed by atoms with van der Waals surface area (Å²) in [4.78, 5) is 16.5. The molecule has 0 N–H and O–H groups in total. The molecule has 2 unspecified atom stereocenters. The van der Waals surface area contributed by atoms with Crippen LogP contribution < -0.4 is 0 Å². The van der Waals surface area contributed by atoms with E-state index in [0.717, 1.165) is 25.9 Å². The summed E-state index contributed by atoms with van der Waals surface area (Å²) in [5.74, 6) is 0.289. The zero-order chi connectivity index (χ0) is 11.5. The van der Waals surface area contributed by atoms with E-state index in [1.165, 1.54) is 25.9 Å². The molecule has 16 heavy (non-hydrogen) atoms. The van der Waals surface area contributed by atoms with Gasteiger partial charge in [0.15, 0.2) is 0 Å². The molecule has 2 aliphatic rings. The van der Waals surface area contributed by atoms with Crippen molar-refractivity contribution in [3.63, 3.8) is 0 Å². The Balaban J connectivity index is 1.85. The summed E-state index contributed by atoms with van der Waals surface area (Å²) in [7, 11) is 0. The molecule has 2 saturated heterocycles. The fourth-order valence-corrected chi connectivity index (χ4v) is 3.30. The normalized spacial score (nSPS) is 29.8. The molecule has 92 valence electrons. The second-order valence-electron chi connectivity index (χ2n) is 4.99. The van der Waals surface area contributed by atoms with Crippen molar-refractivity contribution >= 4 is 21.8 Å². The standard InChI is InChI=1S/C12H21BrN2O/c1-10(14-6-2-3-7-14)9-15-8-4-5-11(13)12(15)16/h10-11H,2-9H2,1H3. The Morgan fingerprint density at radius 2 is 2.00 bits per heavy atom. The molecule has 0 aromatic carbocycles. The van der Waals surface area contributed by atoms with Gasteiger partial charge in [-0.25, -0.2) is 0 Å². The maximum Gasteiger partial charge on any atom is 0.236 e. The topological polar surface area (TPSA) is 23.6 Å². The van der Waals surface area contributed by atoms with Crippen LogP contribution in [0, 0.1) is 0 Å². The van der Waals surface area contributed by atoms with E-state index in [0.29, 0.717) is 6.04 Å². The first-order valence-corrected chi connectivity index (χ1v) is 7.27. The number of piperidine rings is 1. The zero-order valence-electron chi connectivity index (χ0n) is 9.99. The number of nitrogens with zero attached hydrogens (tertiary/aromatic N) is 2. The van der Waals surface area contributed by atoms with Crippen LogP contribution in [-0.2, 0) is 4.79 Å². The smallest absolute Gasteiger partial charge is 0.236 e. The SMILES string of the molecule is CC(CN1CCCC(Br)C1=O)N1CCCC1. The summed E-state index contributed by atoms with van der Waals surface area (Å²) in [6, 6.07) is 0.518. The highest BCUT2D eigenvalue weighted by molar-refractivity contribution is 9.10. The lowest BCUT2D eigenvalue weighted by atomic mass is 10.1. The quantitative estimate of drug-likeness (QED) is 0.740. The van der Waals surface area contributed by atoms with Gasteiger partial charge in [-0.3, -0.25) is 9.69 Å². The van der Waals surface area contributed by atoms with Gasteiger partial charge in [0, 0.05) is 19.1 Å². The summed E-state index contributed by atoms with van der Waals surface area (Å²) < 4.78 is 0. The first kappa shape index (κ1) is 12.4. The van der Waals surface area contributed by atoms with Crippen LogP contribution in [0.15, 0.2) is 0 Å². The largest absolute Gasteiger partial charge is 0.340 e. The Kier molecular flexibility index (Phi) is 4.25. The van der Waals surface area contributed by atoms with Gasteiger partial charge in [0.1, 0.15) is 0 Å². The van der Waals surface area contributed by atoms with Gasteiger partial charge in [-0.05, 0) is 45.7 Å². The number of rotatable bonds is 3. The first-order valence-electron chi connectivity index (χ1n) is 6.35. The van der Waals surface area contributed by atoms with E-state index >= 15 is 0 Å². The fourth-order valence-electron chi connectivity index (χ4n) is 2.69. The second-order valence-corrected chi connectivity index (χ2v) is 6.09. The Bertz CT molecular complexity index is 253. The van der Waals surface area contributed by atoms with Crippen molar-refractivity contribution in [2.24, 2.45) is 0 Å². The summed E-state index contributed by atoms with van der Waals surface area (Å²) >= 11 is 3.46. The molecule has 2 rings (SSSR count). The average Bonchev–Trinajstić information content (AvgIpc) is 2.78. The predicted molar refractivity (Wildman–Crippen MR) is 68.8 cm³/mol. The minimum atomic E-state index is 0.0621. The average molecular weight is 289 g/mol. The summed E-state index contributed by atoms with van der Waals surface area (Å²) in [6.07, 6.45) is 4.76. The molecule has 0 radical (unpaired) electrons. The van der Waals surface area contributed by atoms with Crippen LogP contribution in [-0.4, -0.2) is 52.8 Å². The van der Waals surface area contributed by atoms with Crippen molar-refractivity contribution in [2.45, 2.75) is 43.5 Å². The lowest BCUT2D eigenvalue weighted by Crippen LogP contribution is -2.48. The van der Waals surface area contributed by atoms with Gasteiger partial charge in [0.25, 0.3) is 0 Å². The molecule has 0 bridgehead atoms. The molecule has 0 aromatic rings. The highest BCUT2D eigenvalue weighted by Gasteiger charge is 2.29. The van der Waals surface area contributed by atoms with Gasteiger partial charge >= 0.3 is 0 Å².